The van der Waals surface area contributed by atoms with Crippen molar-refractivity contribution in [3.8, 4) is 11.5 Å². The summed E-state index contributed by atoms with van der Waals surface area (Å²) in [6, 6.07) is 18.9. The summed E-state index contributed by atoms with van der Waals surface area (Å²) in [5.74, 6) is 1.43. The van der Waals surface area contributed by atoms with Crippen LogP contribution in [0.5, 0.6) is 11.5 Å². The number of rotatable bonds is 5. The van der Waals surface area contributed by atoms with Gasteiger partial charge in [-0.05, 0) is 60.7 Å². The molecule has 1 heterocycles. The standard InChI is InChI=1S/C28H26Cl2N2O3/c1-3-35-24-12-11-16(15-25(24)34-2)17-13-22-26(23(33)14-17)28(18-7-6-8-19(29)27(18)30)32-21-10-5-4-9-20(21)31-22/h4-12,15,17,28,31-32H,3,13-14H2,1-2H3. The molecule has 2 aliphatic rings. The number of carbonyl (C=O) groups excluding carboxylic acids is 1. The first kappa shape index (κ1) is 23.6. The SMILES string of the molecule is CCOc1ccc(C2CC(=O)C3=C(C2)Nc2ccccc2NC3c2cccc(Cl)c2Cl)cc1OC. The number of Topliss-reactive ketones (excluding diaryl/α,β-unsaturated/α-hetero) is 1. The summed E-state index contributed by atoms with van der Waals surface area (Å²) in [4.78, 5) is 13.8. The molecular weight excluding hydrogens is 483 g/mol. The van der Waals surface area contributed by atoms with Crippen molar-refractivity contribution in [2.24, 2.45) is 0 Å². The van der Waals surface area contributed by atoms with Crippen molar-refractivity contribution in [2.45, 2.75) is 31.7 Å². The van der Waals surface area contributed by atoms with E-state index in [1.54, 1.807) is 13.2 Å². The molecule has 5 rings (SSSR count). The van der Waals surface area contributed by atoms with Crippen molar-refractivity contribution >= 4 is 40.4 Å². The lowest BCUT2D eigenvalue weighted by Gasteiger charge is -2.30. The number of ether oxygens (including phenoxy) is 2. The Morgan fingerprint density at radius 2 is 1.77 bits per heavy atom. The summed E-state index contributed by atoms with van der Waals surface area (Å²) >= 11 is 13.0. The van der Waals surface area contributed by atoms with E-state index >= 15 is 0 Å². The van der Waals surface area contributed by atoms with Crippen molar-refractivity contribution in [1.82, 2.24) is 0 Å². The predicted molar refractivity (Wildman–Crippen MR) is 141 cm³/mol. The molecular formula is C28H26Cl2N2O3. The molecule has 0 fully saturated rings. The number of halogens is 2. The number of hydrogen-bond acceptors (Lipinski definition) is 5. The van der Waals surface area contributed by atoms with E-state index in [-0.39, 0.29) is 11.7 Å². The molecule has 0 amide bonds. The predicted octanol–water partition coefficient (Wildman–Crippen LogP) is 7.38. The Balaban J connectivity index is 1.58. The van der Waals surface area contributed by atoms with Gasteiger partial charge >= 0.3 is 0 Å². The molecule has 2 unspecified atom stereocenters. The fourth-order valence-corrected chi connectivity index (χ4v) is 5.33. The Morgan fingerprint density at radius 1 is 0.971 bits per heavy atom. The van der Waals surface area contributed by atoms with Crippen molar-refractivity contribution < 1.29 is 14.3 Å². The summed E-state index contributed by atoms with van der Waals surface area (Å²) in [5.41, 5.74) is 5.21. The Labute approximate surface area is 215 Å². The van der Waals surface area contributed by atoms with Crippen LogP contribution >= 0.6 is 23.2 Å². The maximum atomic E-state index is 13.8. The highest BCUT2D eigenvalue weighted by atomic mass is 35.5. The zero-order chi connectivity index (χ0) is 24.5. The molecule has 0 radical (unpaired) electrons. The minimum absolute atomic E-state index is 0.000859. The van der Waals surface area contributed by atoms with E-state index in [1.165, 1.54) is 0 Å². The molecule has 0 aromatic heterocycles. The van der Waals surface area contributed by atoms with Gasteiger partial charge in [-0.2, -0.15) is 0 Å². The number of fused-ring (bicyclic) bond motifs is 1. The Hall–Kier alpha value is -3.15. The second-order valence-corrected chi connectivity index (χ2v) is 9.44. The second-order valence-electron chi connectivity index (χ2n) is 8.65. The van der Waals surface area contributed by atoms with Gasteiger partial charge in [0, 0.05) is 17.7 Å². The molecule has 35 heavy (non-hydrogen) atoms. The molecule has 1 aliphatic carbocycles. The number of methoxy groups -OCH3 is 1. The van der Waals surface area contributed by atoms with Gasteiger partial charge in [-0.3, -0.25) is 4.79 Å². The third-order valence-electron chi connectivity index (χ3n) is 6.56. The molecule has 1 aliphatic heterocycles. The second kappa shape index (κ2) is 9.84. The third-order valence-corrected chi connectivity index (χ3v) is 7.39. The lowest BCUT2D eigenvalue weighted by Crippen LogP contribution is -2.27. The number of ketones is 1. The average Bonchev–Trinajstić information content (AvgIpc) is 3.03. The monoisotopic (exact) mass is 508 g/mol. The molecule has 180 valence electrons. The van der Waals surface area contributed by atoms with Crippen molar-refractivity contribution in [3.05, 3.63) is 93.1 Å². The van der Waals surface area contributed by atoms with Crippen LogP contribution in [-0.2, 0) is 4.79 Å². The largest absolute Gasteiger partial charge is 0.493 e. The Kier molecular flexibility index (Phi) is 6.63. The molecule has 0 bridgehead atoms. The highest BCUT2D eigenvalue weighted by Gasteiger charge is 2.37. The zero-order valence-electron chi connectivity index (χ0n) is 19.5. The van der Waals surface area contributed by atoms with Gasteiger partial charge in [0.2, 0.25) is 0 Å². The van der Waals surface area contributed by atoms with E-state index < -0.39 is 6.04 Å². The van der Waals surface area contributed by atoms with Gasteiger partial charge in [-0.1, -0.05) is 53.5 Å². The normalized spacial score (nSPS) is 19.1. The van der Waals surface area contributed by atoms with Gasteiger partial charge in [0.25, 0.3) is 0 Å². The Bertz CT molecular complexity index is 1320. The van der Waals surface area contributed by atoms with Crippen LogP contribution in [0, 0.1) is 0 Å². The summed E-state index contributed by atoms with van der Waals surface area (Å²) in [6.45, 7) is 2.49. The van der Waals surface area contributed by atoms with Gasteiger partial charge in [-0.25, -0.2) is 0 Å². The molecule has 0 spiro atoms. The molecule has 7 heteroatoms. The van der Waals surface area contributed by atoms with Crippen LogP contribution in [0.4, 0.5) is 11.4 Å². The van der Waals surface area contributed by atoms with Crippen molar-refractivity contribution in [1.29, 1.82) is 0 Å². The number of para-hydroxylation sites is 2. The zero-order valence-corrected chi connectivity index (χ0v) is 21.0. The van der Waals surface area contributed by atoms with Gasteiger partial charge in [0.15, 0.2) is 17.3 Å². The van der Waals surface area contributed by atoms with E-state index in [0.29, 0.717) is 46.6 Å². The van der Waals surface area contributed by atoms with Gasteiger partial charge in [0.05, 0.1) is 41.2 Å². The van der Waals surface area contributed by atoms with Crippen LogP contribution in [0.1, 0.15) is 42.9 Å². The van der Waals surface area contributed by atoms with E-state index in [2.05, 4.69) is 10.6 Å². The van der Waals surface area contributed by atoms with Gasteiger partial charge in [0.1, 0.15) is 0 Å². The number of benzene rings is 3. The molecule has 2 N–H and O–H groups in total. The number of anilines is 2. The minimum atomic E-state index is -0.421. The quantitative estimate of drug-likeness (QED) is 0.376. The summed E-state index contributed by atoms with van der Waals surface area (Å²) in [7, 11) is 1.63. The third kappa shape index (κ3) is 4.46. The van der Waals surface area contributed by atoms with E-state index in [9.17, 15) is 4.79 Å². The number of allylic oxidation sites excluding steroid dienone is 1. The van der Waals surface area contributed by atoms with Crippen molar-refractivity contribution in [3.63, 3.8) is 0 Å². The number of carbonyl (C=O) groups is 1. The van der Waals surface area contributed by atoms with E-state index in [4.69, 9.17) is 32.7 Å². The van der Waals surface area contributed by atoms with Crippen molar-refractivity contribution in [2.75, 3.05) is 24.4 Å². The molecule has 3 aromatic carbocycles. The minimum Gasteiger partial charge on any atom is -0.493 e. The topological polar surface area (TPSA) is 59.6 Å². The van der Waals surface area contributed by atoms with Crippen LogP contribution < -0.4 is 20.1 Å². The smallest absolute Gasteiger partial charge is 0.163 e. The van der Waals surface area contributed by atoms with E-state index in [0.717, 1.165) is 28.2 Å². The van der Waals surface area contributed by atoms with Crippen LogP contribution in [0.2, 0.25) is 10.0 Å². The van der Waals surface area contributed by atoms with Crippen LogP contribution in [0.15, 0.2) is 71.9 Å². The highest BCUT2D eigenvalue weighted by molar-refractivity contribution is 6.42. The maximum absolute atomic E-state index is 13.8. The lowest BCUT2D eigenvalue weighted by atomic mass is 9.78. The number of nitrogens with one attached hydrogen (secondary N) is 2. The fourth-order valence-electron chi connectivity index (χ4n) is 4.92. The first-order chi connectivity index (χ1) is 17.0. The first-order valence-electron chi connectivity index (χ1n) is 11.6. The van der Waals surface area contributed by atoms with E-state index in [1.807, 2.05) is 61.5 Å². The highest BCUT2D eigenvalue weighted by Crippen LogP contribution is 2.46. The summed E-state index contributed by atoms with van der Waals surface area (Å²) < 4.78 is 11.2. The molecule has 2 atom stereocenters. The first-order valence-corrected chi connectivity index (χ1v) is 12.4. The molecule has 3 aromatic rings. The molecule has 0 saturated heterocycles. The molecule has 0 saturated carbocycles. The van der Waals surface area contributed by atoms with Crippen LogP contribution in [0.25, 0.3) is 0 Å². The maximum Gasteiger partial charge on any atom is 0.163 e. The van der Waals surface area contributed by atoms with Gasteiger partial charge < -0.3 is 20.1 Å². The molecule has 5 nitrogen and oxygen atoms in total. The average molecular weight is 509 g/mol. The number of hydrogen-bond donors (Lipinski definition) is 2. The van der Waals surface area contributed by atoms with Gasteiger partial charge in [-0.15, -0.1) is 0 Å². The van der Waals surface area contributed by atoms with Crippen LogP contribution in [-0.4, -0.2) is 19.5 Å². The Morgan fingerprint density at radius 3 is 2.54 bits per heavy atom. The lowest BCUT2D eigenvalue weighted by molar-refractivity contribution is -0.116. The fraction of sp³-hybridized carbons (Fsp3) is 0.250. The summed E-state index contributed by atoms with van der Waals surface area (Å²) in [5, 5.41) is 8.00. The van der Waals surface area contributed by atoms with Crippen LogP contribution in [0.3, 0.4) is 0 Å². The summed E-state index contributed by atoms with van der Waals surface area (Å²) in [6.07, 6.45) is 1.05.